The zero-order valence-corrected chi connectivity index (χ0v) is 18.2. The summed E-state index contributed by atoms with van der Waals surface area (Å²) in [5.74, 6) is -1.66. The molecule has 12 heteroatoms. The number of ether oxygens (including phenoxy) is 1. The molecule has 0 saturated carbocycles. The van der Waals surface area contributed by atoms with Crippen LogP contribution in [-0.2, 0) is 20.5 Å². The van der Waals surface area contributed by atoms with Crippen LogP contribution in [0.2, 0.25) is 0 Å². The monoisotopic (exact) mass is 469 g/mol. The van der Waals surface area contributed by atoms with E-state index < -0.39 is 35.5 Å². The summed E-state index contributed by atoms with van der Waals surface area (Å²) in [6.07, 6.45) is -2.97. The molecule has 0 aliphatic carbocycles. The summed E-state index contributed by atoms with van der Waals surface area (Å²) in [6.45, 7) is 0.144. The normalized spacial score (nSPS) is 18.9. The number of nitrogens with one attached hydrogen (secondary N) is 1. The Kier molecular flexibility index (Phi) is 6.84. The lowest BCUT2D eigenvalue weighted by atomic mass is 9.98. The highest BCUT2D eigenvalue weighted by molar-refractivity contribution is 8.03. The number of amides is 4. The van der Waals surface area contributed by atoms with E-state index in [0.29, 0.717) is 10.5 Å². The summed E-state index contributed by atoms with van der Waals surface area (Å²) in [5, 5.41) is 2.53. The molecule has 0 fully saturated rings. The van der Waals surface area contributed by atoms with Gasteiger partial charge >= 0.3 is 18.1 Å². The minimum absolute atomic E-state index is 0.115. The van der Waals surface area contributed by atoms with E-state index in [1.165, 1.54) is 44.1 Å². The third-order valence-electron chi connectivity index (χ3n) is 4.84. The number of hydrogen-bond acceptors (Lipinski definition) is 6. The zero-order chi connectivity index (χ0) is 23.6. The van der Waals surface area contributed by atoms with Crippen LogP contribution in [-0.4, -0.2) is 72.9 Å². The molecular formula is C20H20F3N4O4S+. The van der Waals surface area contributed by atoms with Crippen molar-refractivity contribution in [1.29, 1.82) is 0 Å². The molecule has 0 radical (unpaired) electrons. The second-order valence-electron chi connectivity index (χ2n) is 7.02. The van der Waals surface area contributed by atoms with Crippen molar-refractivity contribution in [2.24, 2.45) is 10.9 Å². The van der Waals surface area contributed by atoms with Gasteiger partial charge < -0.3 is 10.1 Å². The van der Waals surface area contributed by atoms with Crippen molar-refractivity contribution in [3.8, 4) is 0 Å². The molecule has 1 unspecified atom stereocenters. The fourth-order valence-electron chi connectivity index (χ4n) is 3.22. The number of imide groups is 1. The number of rotatable bonds is 6. The number of urea groups is 1. The summed E-state index contributed by atoms with van der Waals surface area (Å²) in [7, 11) is 4.35. The van der Waals surface area contributed by atoms with E-state index in [1.807, 2.05) is 0 Å². The molecule has 8 nitrogen and oxygen atoms in total. The number of hydrogen-bond donors (Lipinski definition) is 1. The smallest absolute Gasteiger partial charge is 0.380 e. The lowest BCUT2D eigenvalue weighted by Crippen LogP contribution is -2.53. The SMILES string of the molecule is COCC1=C(SCC(=O)Nc2ccc(C(F)(F)F)cc2)C2C(=O)N(C)C(=O)[N+](C)=C2N=C1. The first kappa shape index (κ1) is 23.7. The van der Waals surface area contributed by atoms with Gasteiger partial charge in [-0.2, -0.15) is 22.6 Å². The third-order valence-corrected chi connectivity index (χ3v) is 6.05. The van der Waals surface area contributed by atoms with Crippen LogP contribution in [0.4, 0.5) is 23.7 Å². The highest BCUT2D eigenvalue weighted by Crippen LogP contribution is 2.35. The van der Waals surface area contributed by atoms with Crippen molar-refractivity contribution in [2.75, 3.05) is 38.9 Å². The Hall–Kier alpha value is -2.99. The third kappa shape index (κ3) is 4.75. The van der Waals surface area contributed by atoms with Gasteiger partial charge in [-0.25, -0.2) is 4.79 Å². The number of alkyl halides is 3. The van der Waals surface area contributed by atoms with E-state index in [-0.39, 0.29) is 23.9 Å². The Balaban J connectivity index is 1.78. The summed E-state index contributed by atoms with van der Waals surface area (Å²) in [6, 6.07) is 3.58. The average Bonchev–Trinajstić information content (AvgIpc) is 2.75. The van der Waals surface area contributed by atoms with E-state index >= 15 is 0 Å². The molecule has 0 aromatic heterocycles. The lowest BCUT2D eigenvalue weighted by Gasteiger charge is -2.28. The number of carbonyl (C=O) groups is 3. The first-order valence-electron chi connectivity index (χ1n) is 9.32. The molecule has 2 heterocycles. The molecule has 0 saturated heterocycles. The molecule has 32 heavy (non-hydrogen) atoms. The van der Waals surface area contributed by atoms with Gasteiger partial charge in [0, 0.05) is 23.3 Å². The molecule has 2 aliphatic heterocycles. The minimum atomic E-state index is -4.46. The van der Waals surface area contributed by atoms with Gasteiger partial charge in [0.2, 0.25) is 5.91 Å². The van der Waals surface area contributed by atoms with Crippen molar-refractivity contribution < 1.29 is 36.9 Å². The van der Waals surface area contributed by atoms with Gasteiger partial charge in [-0.05, 0) is 24.3 Å². The highest BCUT2D eigenvalue weighted by Gasteiger charge is 2.48. The summed E-state index contributed by atoms with van der Waals surface area (Å²) < 4.78 is 44.5. The number of dihydropyridines is 1. The topological polar surface area (TPSA) is 91.1 Å². The Labute approximate surface area is 185 Å². The quantitative estimate of drug-likeness (QED) is 0.647. The maximum atomic E-state index is 12.8. The van der Waals surface area contributed by atoms with E-state index in [0.717, 1.165) is 28.8 Å². The van der Waals surface area contributed by atoms with Gasteiger partial charge in [0.1, 0.15) is 6.21 Å². The summed E-state index contributed by atoms with van der Waals surface area (Å²) >= 11 is 1.08. The van der Waals surface area contributed by atoms with Crippen LogP contribution in [0.25, 0.3) is 0 Å². The van der Waals surface area contributed by atoms with Crippen molar-refractivity contribution in [3.63, 3.8) is 0 Å². The van der Waals surface area contributed by atoms with Crippen molar-refractivity contribution >= 4 is 47.3 Å². The van der Waals surface area contributed by atoms with Crippen molar-refractivity contribution in [1.82, 2.24) is 4.90 Å². The molecule has 0 bridgehead atoms. The highest BCUT2D eigenvalue weighted by atomic mass is 32.2. The summed E-state index contributed by atoms with van der Waals surface area (Å²) in [4.78, 5) is 43.2. The Morgan fingerprint density at radius 1 is 1.28 bits per heavy atom. The number of fused-ring (bicyclic) bond motifs is 1. The van der Waals surface area contributed by atoms with Crippen molar-refractivity contribution in [2.45, 2.75) is 6.18 Å². The molecule has 2 aliphatic rings. The number of carbonyl (C=O) groups excluding carboxylic acids is 3. The zero-order valence-electron chi connectivity index (χ0n) is 17.4. The second-order valence-corrected chi connectivity index (χ2v) is 8.04. The van der Waals surface area contributed by atoms with Crippen molar-refractivity contribution in [3.05, 3.63) is 40.3 Å². The van der Waals surface area contributed by atoms with Gasteiger partial charge in [-0.15, -0.1) is 16.8 Å². The maximum absolute atomic E-state index is 12.8. The first-order valence-corrected chi connectivity index (χ1v) is 10.3. The molecule has 1 atom stereocenters. The molecule has 3 rings (SSSR count). The average molecular weight is 469 g/mol. The Morgan fingerprint density at radius 3 is 2.53 bits per heavy atom. The standard InChI is InChI=1S/C20H19F3N4O4S/c1-26-17-15(18(29)27(2)19(26)30)16(11(8-24-17)9-31-3)32-10-14(28)25-13-6-4-12(5-7-13)20(21,22)23/h4-8,15H,9-10H2,1-3H3/p+1. The van der Waals surface area contributed by atoms with Crippen LogP contribution in [0.3, 0.4) is 0 Å². The predicted octanol–water partition coefficient (Wildman–Crippen LogP) is 2.61. The maximum Gasteiger partial charge on any atom is 0.445 e. The Bertz CT molecular complexity index is 1050. The van der Waals surface area contributed by atoms with Gasteiger partial charge in [0.25, 0.3) is 5.84 Å². The molecule has 1 N–H and O–H groups in total. The molecule has 4 amide bonds. The number of benzene rings is 1. The van der Waals surface area contributed by atoms with Crippen LogP contribution >= 0.6 is 11.8 Å². The number of anilines is 1. The number of thioether (sulfide) groups is 1. The van der Waals surface area contributed by atoms with Crippen LogP contribution in [0.15, 0.2) is 39.7 Å². The van der Waals surface area contributed by atoms with Crippen LogP contribution in [0.1, 0.15) is 5.56 Å². The molecular weight excluding hydrogens is 449 g/mol. The minimum Gasteiger partial charge on any atom is -0.380 e. The Morgan fingerprint density at radius 2 is 1.94 bits per heavy atom. The van der Waals surface area contributed by atoms with Crippen LogP contribution < -0.4 is 5.32 Å². The number of amidine groups is 1. The fraction of sp³-hybridized carbons (Fsp3) is 0.350. The van der Waals surface area contributed by atoms with E-state index in [1.54, 1.807) is 0 Å². The largest absolute Gasteiger partial charge is 0.445 e. The first-order chi connectivity index (χ1) is 15.0. The molecule has 1 aromatic carbocycles. The molecule has 170 valence electrons. The summed E-state index contributed by atoms with van der Waals surface area (Å²) in [5.41, 5.74) is -0.00793. The predicted molar refractivity (Wildman–Crippen MR) is 113 cm³/mol. The number of aliphatic imine (C=N–C) groups is 1. The van der Waals surface area contributed by atoms with E-state index in [4.69, 9.17) is 4.74 Å². The van der Waals surface area contributed by atoms with E-state index in [2.05, 4.69) is 10.3 Å². The van der Waals surface area contributed by atoms with Gasteiger partial charge in [0.05, 0.1) is 32.0 Å². The molecule has 0 spiro atoms. The number of nitrogens with zero attached hydrogens (tertiary/aromatic N) is 3. The van der Waals surface area contributed by atoms with E-state index in [9.17, 15) is 27.6 Å². The van der Waals surface area contributed by atoms with Gasteiger partial charge in [0.15, 0.2) is 5.92 Å². The van der Waals surface area contributed by atoms with Gasteiger partial charge in [-0.1, -0.05) is 0 Å². The second kappa shape index (κ2) is 9.25. The number of halogens is 3. The lowest BCUT2D eigenvalue weighted by molar-refractivity contribution is -0.407. The number of methoxy groups -OCH3 is 1. The van der Waals surface area contributed by atoms with Crippen LogP contribution in [0.5, 0.6) is 0 Å². The van der Waals surface area contributed by atoms with Crippen LogP contribution in [0, 0.1) is 5.92 Å². The molecule has 1 aromatic rings. The van der Waals surface area contributed by atoms with Gasteiger partial charge in [-0.3, -0.25) is 9.59 Å². The fourth-order valence-corrected chi connectivity index (χ4v) is 4.25.